The fraction of sp³-hybridized carbons (Fsp3) is 0.429. The third-order valence-electron chi connectivity index (χ3n) is 5.35. The average Bonchev–Trinajstić information content (AvgIpc) is 2.77. The van der Waals surface area contributed by atoms with Gasteiger partial charge in [-0.15, -0.1) is 0 Å². The molecule has 0 saturated carbocycles. The molecule has 5 heteroatoms. The van der Waals surface area contributed by atoms with E-state index in [9.17, 15) is 5.11 Å². The fourth-order valence-corrected chi connectivity index (χ4v) is 4.47. The molecular weight excluding hydrogens is 367 g/mol. The minimum Gasteiger partial charge on any atom is -0.390 e. The lowest BCUT2D eigenvalue weighted by Crippen LogP contribution is -2.35. The summed E-state index contributed by atoms with van der Waals surface area (Å²) in [7, 11) is 0. The van der Waals surface area contributed by atoms with E-state index in [1.54, 1.807) is 0 Å². The largest absolute Gasteiger partial charge is 0.390 e. The summed E-state index contributed by atoms with van der Waals surface area (Å²) in [5.74, 6) is 0. The molecule has 1 saturated heterocycles. The van der Waals surface area contributed by atoms with Crippen LogP contribution in [0.1, 0.15) is 25.7 Å². The third kappa shape index (κ3) is 3.72. The number of fused-ring (bicyclic) bond motifs is 3. The van der Waals surface area contributed by atoms with Crippen molar-refractivity contribution in [1.82, 2.24) is 9.47 Å². The Labute approximate surface area is 164 Å². The van der Waals surface area contributed by atoms with Crippen molar-refractivity contribution in [2.24, 2.45) is 0 Å². The second kappa shape index (κ2) is 7.77. The van der Waals surface area contributed by atoms with Crippen molar-refractivity contribution in [1.29, 1.82) is 0 Å². The van der Waals surface area contributed by atoms with Crippen LogP contribution in [0.3, 0.4) is 0 Å². The molecule has 0 spiro atoms. The van der Waals surface area contributed by atoms with Gasteiger partial charge in [0.05, 0.1) is 12.6 Å². The second-order valence-electron chi connectivity index (χ2n) is 7.30. The van der Waals surface area contributed by atoms with Gasteiger partial charge in [0.2, 0.25) is 0 Å². The lowest BCUT2D eigenvalue weighted by atomic mass is 10.1. The minimum atomic E-state index is -0.404. The van der Waals surface area contributed by atoms with Gasteiger partial charge in [-0.1, -0.05) is 36.0 Å². The van der Waals surface area contributed by atoms with Gasteiger partial charge in [-0.25, -0.2) is 0 Å². The molecule has 4 rings (SSSR count). The van der Waals surface area contributed by atoms with E-state index < -0.39 is 6.10 Å². The first-order valence-corrected chi connectivity index (χ1v) is 10.1. The summed E-state index contributed by atoms with van der Waals surface area (Å²) in [5, 5.41) is 14.4. The highest BCUT2D eigenvalue weighted by atomic mass is 35.5. The van der Waals surface area contributed by atoms with Gasteiger partial charge in [-0.05, 0) is 62.3 Å². The molecule has 1 aliphatic heterocycles. The predicted octanol–water partition coefficient (Wildman–Crippen LogP) is 5.34. The van der Waals surface area contributed by atoms with Gasteiger partial charge in [-0.2, -0.15) is 0 Å². The van der Waals surface area contributed by atoms with Gasteiger partial charge in [0.25, 0.3) is 0 Å². The Balaban J connectivity index is 1.66. The number of likely N-dealkylation sites (tertiary alicyclic amines) is 1. The molecule has 3 nitrogen and oxygen atoms in total. The number of halogens is 2. The van der Waals surface area contributed by atoms with Crippen LogP contribution >= 0.6 is 23.2 Å². The van der Waals surface area contributed by atoms with Gasteiger partial charge in [0.15, 0.2) is 0 Å². The molecule has 1 aliphatic rings. The molecule has 1 fully saturated rings. The number of aliphatic hydroxyl groups excluding tert-OH is 1. The maximum atomic E-state index is 10.8. The molecule has 2 aromatic carbocycles. The van der Waals surface area contributed by atoms with Gasteiger partial charge < -0.3 is 14.6 Å². The van der Waals surface area contributed by atoms with Gasteiger partial charge in [-0.3, -0.25) is 0 Å². The first-order chi connectivity index (χ1) is 12.6. The molecule has 26 heavy (non-hydrogen) atoms. The number of rotatable bonds is 4. The monoisotopic (exact) mass is 390 g/mol. The molecule has 1 atom stereocenters. The number of β-amino-alcohol motifs (C(OH)–C–C–N with tert-alkyl or cyclic N) is 1. The molecule has 1 aromatic heterocycles. The zero-order chi connectivity index (χ0) is 18.1. The maximum Gasteiger partial charge on any atom is 0.0845 e. The van der Waals surface area contributed by atoms with Crippen LogP contribution in [0.4, 0.5) is 0 Å². The van der Waals surface area contributed by atoms with Crippen molar-refractivity contribution in [2.45, 2.75) is 38.3 Å². The van der Waals surface area contributed by atoms with Crippen molar-refractivity contribution < 1.29 is 5.11 Å². The highest BCUT2D eigenvalue weighted by Crippen LogP contribution is 2.33. The zero-order valence-electron chi connectivity index (χ0n) is 14.8. The van der Waals surface area contributed by atoms with E-state index >= 15 is 0 Å². The van der Waals surface area contributed by atoms with E-state index in [0.717, 1.165) is 41.4 Å². The number of benzene rings is 2. The molecule has 0 amide bonds. The van der Waals surface area contributed by atoms with Crippen LogP contribution in [0.2, 0.25) is 10.0 Å². The van der Waals surface area contributed by atoms with Crippen LogP contribution < -0.4 is 0 Å². The number of hydrogen-bond donors (Lipinski definition) is 1. The first kappa shape index (κ1) is 18.1. The van der Waals surface area contributed by atoms with Crippen LogP contribution in [0.5, 0.6) is 0 Å². The van der Waals surface area contributed by atoms with Crippen LogP contribution in [-0.2, 0) is 6.54 Å². The van der Waals surface area contributed by atoms with Crippen LogP contribution in [0, 0.1) is 0 Å². The predicted molar refractivity (Wildman–Crippen MR) is 110 cm³/mol. The Hall–Kier alpha value is -1.26. The Morgan fingerprint density at radius 2 is 1.35 bits per heavy atom. The molecular formula is C21H24Cl2N2O. The normalized spacial score (nSPS) is 17.7. The summed E-state index contributed by atoms with van der Waals surface area (Å²) in [6.45, 7) is 3.48. The van der Waals surface area contributed by atoms with Crippen molar-refractivity contribution >= 4 is 45.0 Å². The lowest BCUT2D eigenvalue weighted by molar-refractivity contribution is 0.102. The van der Waals surface area contributed by atoms with Crippen LogP contribution in [0.25, 0.3) is 21.8 Å². The fourth-order valence-electron chi connectivity index (χ4n) is 4.13. The molecule has 138 valence electrons. The van der Waals surface area contributed by atoms with Crippen molar-refractivity contribution in [2.75, 3.05) is 19.6 Å². The van der Waals surface area contributed by atoms with E-state index in [1.807, 2.05) is 36.4 Å². The van der Waals surface area contributed by atoms with E-state index in [-0.39, 0.29) is 0 Å². The highest BCUT2D eigenvalue weighted by molar-refractivity contribution is 6.33. The zero-order valence-corrected chi connectivity index (χ0v) is 16.3. The standard InChI is InChI=1S/C21H24Cl2N2O/c22-15-5-7-20-18(11-15)19-12-16(23)6-8-21(19)25(20)14-17(26)13-24-9-3-1-2-4-10-24/h5-8,11-12,17,26H,1-4,9-10,13-14H2. The van der Waals surface area contributed by atoms with E-state index in [4.69, 9.17) is 23.2 Å². The number of hydrogen-bond acceptors (Lipinski definition) is 2. The molecule has 1 N–H and O–H groups in total. The molecule has 2 heterocycles. The highest BCUT2D eigenvalue weighted by Gasteiger charge is 2.17. The average molecular weight is 391 g/mol. The Bertz CT molecular complexity index is 854. The Morgan fingerprint density at radius 3 is 1.88 bits per heavy atom. The number of aromatic nitrogens is 1. The summed E-state index contributed by atoms with van der Waals surface area (Å²) in [4.78, 5) is 2.40. The lowest BCUT2D eigenvalue weighted by Gasteiger charge is -2.24. The molecule has 1 unspecified atom stereocenters. The molecule has 3 aromatic rings. The van der Waals surface area contributed by atoms with E-state index in [1.165, 1.54) is 25.7 Å². The van der Waals surface area contributed by atoms with Crippen molar-refractivity contribution in [3.8, 4) is 0 Å². The quantitative estimate of drug-likeness (QED) is 0.651. The van der Waals surface area contributed by atoms with Crippen LogP contribution in [0.15, 0.2) is 36.4 Å². The smallest absolute Gasteiger partial charge is 0.0845 e. The second-order valence-corrected chi connectivity index (χ2v) is 8.18. The Morgan fingerprint density at radius 1 is 0.808 bits per heavy atom. The summed E-state index contributed by atoms with van der Waals surface area (Å²) in [6.07, 6.45) is 4.68. The van der Waals surface area contributed by atoms with Gasteiger partial charge in [0.1, 0.15) is 0 Å². The van der Waals surface area contributed by atoms with E-state index in [0.29, 0.717) is 16.6 Å². The van der Waals surface area contributed by atoms with E-state index in [2.05, 4.69) is 9.47 Å². The SMILES string of the molecule is OC(CN1CCCCCC1)Cn1c2ccc(Cl)cc2c2cc(Cl)ccc21. The molecule has 0 bridgehead atoms. The van der Waals surface area contributed by atoms with Crippen molar-refractivity contribution in [3.63, 3.8) is 0 Å². The maximum absolute atomic E-state index is 10.8. The van der Waals surface area contributed by atoms with Gasteiger partial charge >= 0.3 is 0 Å². The third-order valence-corrected chi connectivity index (χ3v) is 5.82. The van der Waals surface area contributed by atoms with Crippen LogP contribution in [-0.4, -0.2) is 40.3 Å². The number of aliphatic hydroxyl groups is 1. The first-order valence-electron chi connectivity index (χ1n) is 9.39. The van der Waals surface area contributed by atoms with Gasteiger partial charge in [0, 0.05) is 38.4 Å². The summed E-state index contributed by atoms with van der Waals surface area (Å²) in [5.41, 5.74) is 2.17. The minimum absolute atomic E-state index is 0.404. The molecule has 0 aliphatic carbocycles. The number of nitrogens with zero attached hydrogens (tertiary/aromatic N) is 2. The topological polar surface area (TPSA) is 28.4 Å². The summed E-state index contributed by atoms with van der Waals surface area (Å²) in [6, 6.07) is 11.8. The Kier molecular flexibility index (Phi) is 5.42. The molecule has 0 radical (unpaired) electrons. The summed E-state index contributed by atoms with van der Waals surface area (Å²) < 4.78 is 2.19. The summed E-state index contributed by atoms with van der Waals surface area (Å²) >= 11 is 12.4. The van der Waals surface area contributed by atoms with Crippen molar-refractivity contribution in [3.05, 3.63) is 46.4 Å².